The van der Waals surface area contributed by atoms with Crippen LogP contribution in [-0.2, 0) is 11.3 Å². The third-order valence-electron chi connectivity index (χ3n) is 5.92. The first kappa shape index (κ1) is 27.5. The van der Waals surface area contributed by atoms with Crippen molar-refractivity contribution >= 4 is 11.0 Å². The second-order valence-electron chi connectivity index (χ2n) is 8.12. The number of hydrogen-bond donors (Lipinski definition) is 0. The van der Waals surface area contributed by atoms with Gasteiger partial charge in [-0.05, 0) is 23.8 Å². The number of rotatable bonds is 12. The fraction of sp³-hybridized carbons (Fsp3) is 0.276. The molecule has 10 nitrogen and oxygen atoms in total. The second-order valence-corrected chi connectivity index (χ2v) is 8.12. The van der Waals surface area contributed by atoms with Gasteiger partial charge in [-0.2, -0.15) is 0 Å². The smallest absolute Gasteiger partial charge is 0.239 e. The summed E-state index contributed by atoms with van der Waals surface area (Å²) in [5.74, 6) is 1.57. The molecule has 0 amide bonds. The maximum absolute atomic E-state index is 13.8. The van der Waals surface area contributed by atoms with Gasteiger partial charge in [0, 0.05) is 12.7 Å². The quantitative estimate of drug-likeness (QED) is 0.227. The first-order valence-electron chi connectivity index (χ1n) is 11.9. The van der Waals surface area contributed by atoms with Gasteiger partial charge in [0.15, 0.2) is 35.4 Å². The van der Waals surface area contributed by atoms with E-state index in [1.807, 2.05) is 30.3 Å². The number of benzene rings is 3. The van der Waals surface area contributed by atoms with Gasteiger partial charge in [0.25, 0.3) is 0 Å². The highest BCUT2D eigenvalue weighted by Crippen LogP contribution is 2.51. The molecule has 1 aromatic heterocycles. The lowest BCUT2D eigenvalue weighted by molar-refractivity contribution is 0.0470. The third kappa shape index (κ3) is 5.23. The van der Waals surface area contributed by atoms with E-state index in [9.17, 15) is 4.79 Å². The molecule has 0 fully saturated rings. The Labute approximate surface area is 225 Å². The van der Waals surface area contributed by atoms with Crippen LogP contribution in [0, 0.1) is 0 Å². The van der Waals surface area contributed by atoms with Crippen molar-refractivity contribution in [2.24, 2.45) is 0 Å². The Balaban J connectivity index is 1.90. The maximum atomic E-state index is 13.8. The molecule has 0 spiro atoms. The van der Waals surface area contributed by atoms with Crippen molar-refractivity contribution in [3.8, 4) is 51.6 Å². The number of fused-ring (bicyclic) bond motifs is 1. The molecule has 0 aliphatic rings. The van der Waals surface area contributed by atoms with Crippen LogP contribution in [0.5, 0.6) is 40.2 Å². The first-order chi connectivity index (χ1) is 19.0. The van der Waals surface area contributed by atoms with E-state index in [4.69, 9.17) is 42.3 Å². The van der Waals surface area contributed by atoms with Crippen LogP contribution in [0.25, 0.3) is 22.3 Å². The van der Waals surface area contributed by atoms with Crippen LogP contribution in [0.15, 0.2) is 57.7 Å². The summed E-state index contributed by atoms with van der Waals surface area (Å²) in [4.78, 5) is 13.8. The van der Waals surface area contributed by atoms with Gasteiger partial charge in [-0.15, -0.1) is 0 Å². The van der Waals surface area contributed by atoms with Crippen LogP contribution >= 0.6 is 0 Å². The zero-order valence-electron chi connectivity index (χ0n) is 22.6. The van der Waals surface area contributed by atoms with Crippen molar-refractivity contribution in [3.05, 3.63) is 64.3 Å². The molecule has 4 aromatic rings. The Kier molecular flexibility index (Phi) is 8.67. The van der Waals surface area contributed by atoms with Crippen molar-refractivity contribution in [3.63, 3.8) is 0 Å². The van der Waals surface area contributed by atoms with Crippen molar-refractivity contribution in [1.29, 1.82) is 0 Å². The van der Waals surface area contributed by atoms with E-state index < -0.39 is 5.43 Å². The summed E-state index contributed by atoms with van der Waals surface area (Å²) in [6.45, 7) is 0.232. The lowest BCUT2D eigenvalue weighted by atomic mass is 10.1. The highest BCUT2D eigenvalue weighted by molar-refractivity contribution is 5.97. The largest absolute Gasteiger partial charge is 0.493 e. The van der Waals surface area contributed by atoms with Crippen LogP contribution in [0.1, 0.15) is 5.56 Å². The number of ether oxygens (including phenoxy) is 8. The zero-order chi connectivity index (χ0) is 27.9. The van der Waals surface area contributed by atoms with Crippen molar-refractivity contribution in [2.45, 2.75) is 6.61 Å². The summed E-state index contributed by atoms with van der Waals surface area (Å²) < 4.78 is 50.8. The van der Waals surface area contributed by atoms with E-state index in [0.29, 0.717) is 23.7 Å². The predicted molar refractivity (Wildman–Crippen MR) is 144 cm³/mol. The maximum Gasteiger partial charge on any atom is 0.239 e. The summed E-state index contributed by atoms with van der Waals surface area (Å²) in [6, 6.07) is 14.9. The monoisotopic (exact) mass is 538 g/mol. The van der Waals surface area contributed by atoms with Crippen molar-refractivity contribution in [1.82, 2.24) is 0 Å². The molecule has 1 heterocycles. The SMILES string of the molecule is COCOc1c(OC)c(OC)c2oc(-c3ccc(OCc4ccccc4)c(OC)c3)c(OC)c(=O)c2c1OC. The van der Waals surface area contributed by atoms with Crippen LogP contribution in [0.4, 0.5) is 0 Å². The molecule has 0 unspecified atom stereocenters. The van der Waals surface area contributed by atoms with Crippen LogP contribution in [0.3, 0.4) is 0 Å². The lowest BCUT2D eigenvalue weighted by Crippen LogP contribution is -2.12. The molecule has 3 aromatic carbocycles. The Hall–Kier alpha value is -4.57. The molecule has 0 saturated heterocycles. The minimum atomic E-state index is -0.503. The summed E-state index contributed by atoms with van der Waals surface area (Å²) in [5.41, 5.74) is 1.10. The topological polar surface area (TPSA) is 104 Å². The standard InChI is InChI=1S/C29H30O10/c1-31-16-38-29-24(33-3)21-22(30)26(34-4)23(39-25(21)27(35-5)28(29)36-6)18-12-13-19(20(14-18)32-2)37-15-17-10-8-7-9-11-17/h7-14H,15-16H2,1-6H3. The number of methoxy groups -OCH3 is 6. The fourth-order valence-electron chi connectivity index (χ4n) is 4.16. The first-order valence-corrected chi connectivity index (χ1v) is 11.9. The fourth-order valence-corrected chi connectivity index (χ4v) is 4.16. The molecule has 206 valence electrons. The molecule has 0 aliphatic carbocycles. The Morgan fingerprint density at radius 1 is 0.667 bits per heavy atom. The molecule has 39 heavy (non-hydrogen) atoms. The van der Waals surface area contributed by atoms with E-state index >= 15 is 0 Å². The van der Waals surface area contributed by atoms with Crippen LogP contribution < -0.4 is 38.6 Å². The molecule has 0 saturated carbocycles. The van der Waals surface area contributed by atoms with Crippen LogP contribution in [-0.4, -0.2) is 49.5 Å². The normalized spacial score (nSPS) is 10.7. The van der Waals surface area contributed by atoms with E-state index in [2.05, 4.69) is 0 Å². The summed E-state index contributed by atoms with van der Waals surface area (Å²) >= 11 is 0. The Morgan fingerprint density at radius 2 is 1.36 bits per heavy atom. The molecule has 0 aliphatic heterocycles. The molecule has 0 radical (unpaired) electrons. The van der Waals surface area contributed by atoms with E-state index in [-0.39, 0.29) is 52.3 Å². The van der Waals surface area contributed by atoms with Crippen LogP contribution in [0.2, 0.25) is 0 Å². The van der Waals surface area contributed by atoms with Crippen molar-refractivity contribution in [2.75, 3.05) is 49.5 Å². The Morgan fingerprint density at radius 3 is 1.97 bits per heavy atom. The molecule has 10 heteroatoms. The summed E-state index contributed by atoms with van der Waals surface area (Å²) in [7, 11) is 8.64. The Bertz CT molecular complexity index is 1490. The third-order valence-corrected chi connectivity index (χ3v) is 5.92. The van der Waals surface area contributed by atoms with Gasteiger partial charge in [-0.25, -0.2) is 0 Å². The van der Waals surface area contributed by atoms with E-state index in [1.165, 1.54) is 42.7 Å². The predicted octanol–water partition coefficient (Wildman–Crippen LogP) is 5.06. The van der Waals surface area contributed by atoms with Gasteiger partial charge < -0.3 is 42.3 Å². The highest BCUT2D eigenvalue weighted by Gasteiger charge is 2.30. The zero-order valence-corrected chi connectivity index (χ0v) is 22.6. The summed E-state index contributed by atoms with van der Waals surface area (Å²) in [5, 5.41) is 0.0524. The second kappa shape index (κ2) is 12.3. The molecule has 0 N–H and O–H groups in total. The van der Waals surface area contributed by atoms with Crippen molar-refractivity contribution < 1.29 is 42.3 Å². The van der Waals surface area contributed by atoms with Gasteiger partial charge in [-0.3, -0.25) is 4.79 Å². The summed E-state index contributed by atoms with van der Waals surface area (Å²) in [6.07, 6.45) is 0. The van der Waals surface area contributed by atoms with Gasteiger partial charge in [0.1, 0.15) is 12.0 Å². The number of hydrogen-bond acceptors (Lipinski definition) is 10. The minimum Gasteiger partial charge on any atom is -0.493 e. The molecular weight excluding hydrogens is 508 g/mol. The average Bonchev–Trinajstić information content (AvgIpc) is 2.98. The molecule has 4 rings (SSSR count). The van der Waals surface area contributed by atoms with Gasteiger partial charge >= 0.3 is 0 Å². The van der Waals surface area contributed by atoms with E-state index in [1.54, 1.807) is 18.2 Å². The van der Waals surface area contributed by atoms with E-state index in [0.717, 1.165) is 5.56 Å². The molecular formula is C29H30O10. The van der Waals surface area contributed by atoms with Gasteiger partial charge in [0.2, 0.25) is 28.4 Å². The molecule has 0 atom stereocenters. The minimum absolute atomic E-state index is 0.0503. The average molecular weight is 539 g/mol. The molecule has 0 bridgehead atoms. The van der Waals surface area contributed by atoms with Gasteiger partial charge in [-0.1, -0.05) is 30.3 Å². The highest BCUT2D eigenvalue weighted by atomic mass is 16.7. The lowest BCUT2D eigenvalue weighted by Gasteiger charge is -2.20. The van der Waals surface area contributed by atoms with Gasteiger partial charge in [0.05, 0.1) is 35.5 Å².